The molecule has 0 N–H and O–H groups in total. The zero-order valence-corrected chi connectivity index (χ0v) is 16.6. The molecule has 1 aliphatic heterocycles. The first kappa shape index (κ1) is 18.9. The Hall–Kier alpha value is -3.42. The minimum Gasteiger partial charge on any atom is -0.495 e. The molecular formula is C21H22N4O4. The van der Waals surface area contributed by atoms with Gasteiger partial charge in [-0.25, -0.2) is 14.3 Å². The number of aryl methyl sites for hydroxylation is 2. The van der Waals surface area contributed by atoms with E-state index in [4.69, 9.17) is 4.74 Å². The molecule has 0 radical (unpaired) electrons. The third-order valence-corrected chi connectivity index (χ3v) is 5.45. The number of rotatable bonds is 4. The van der Waals surface area contributed by atoms with E-state index in [9.17, 15) is 14.4 Å². The van der Waals surface area contributed by atoms with Crippen LogP contribution in [0.25, 0.3) is 11.0 Å². The molecule has 3 aromatic rings. The van der Waals surface area contributed by atoms with Crippen LogP contribution in [0.4, 0.5) is 5.69 Å². The van der Waals surface area contributed by atoms with E-state index in [-0.39, 0.29) is 23.5 Å². The lowest BCUT2D eigenvalue weighted by Crippen LogP contribution is -2.44. The van der Waals surface area contributed by atoms with Crippen molar-refractivity contribution in [3.05, 3.63) is 62.4 Å². The van der Waals surface area contributed by atoms with Crippen molar-refractivity contribution in [3.63, 3.8) is 0 Å². The number of fused-ring (bicyclic) bond motifs is 2. The molecule has 0 fully saturated rings. The number of pyridine rings is 1. The summed E-state index contributed by atoms with van der Waals surface area (Å²) in [5.41, 5.74) is 1.77. The van der Waals surface area contributed by atoms with E-state index in [0.29, 0.717) is 18.7 Å². The van der Waals surface area contributed by atoms with Crippen LogP contribution in [0, 0.1) is 0 Å². The van der Waals surface area contributed by atoms with Gasteiger partial charge < -0.3 is 9.64 Å². The van der Waals surface area contributed by atoms with Crippen LogP contribution in [-0.4, -0.2) is 33.7 Å². The van der Waals surface area contributed by atoms with Crippen molar-refractivity contribution in [3.8, 4) is 5.75 Å². The smallest absolute Gasteiger partial charge is 0.332 e. The topological polar surface area (TPSA) is 86.4 Å². The number of para-hydroxylation sites is 1. The second-order valence-electron chi connectivity index (χ2n) is 7.03. The SMILES string of the molecule is CCc1cnc2c(c1OC)c(=O)n(CC(=O)N1CCc3ccccc31)c(=O)n2C. The molecule has 1 amide bonds. The molecule has 150 valence electrons. The molecule has 0 atom stereocenters. The first-order chi connectivity index (χ1) is 14.0. The second kappa shape index (κ2) is 7.20. The van der Waals surface area contributed by atoms with Crippen molar-refractivity contribution >= 4 is 22.6 Å². The van der Waals surface area contributed by atoms with E-state index in [1.165, 1.54) is 18.7 Å². The Morgan fingerprint density at radius 3 is 2.72 bits per heavy atom. The maximum atomic E-state index is 13.2. The van der Waals surface area contributed by atoms with Crippen molar-refractivity contribution in [2.45, 2.75) is 26.3 Å². The van der Waals surface area contributed by atoms with Gasteiger partial charge in [-0.1, -0.05) is 25.1 Å². The largest absolute Gasteiger partial charge is 0.495 e. The molecule has 8 heteroatoms. The Labute approximate surface area is 167 Å². The Morgan fingerprint density at radius 1 is 1.24 bits per heavy atom. The Kier molecular flexibility index (Phi) is 4.70. The maximum Gasteiger partial charge on any atom is 0.332 e. The van der Waals surface area contributed by atoms with Crippen LogP contribution in [0.3, 0.4) is 0 Å². The Bertz CT molecular complexity index is 1240. The maximum absolute atomic E-state index is 13.2. The van der Waals surface area contributed by atoms with Crippen molar-refractivity contribution in [2.24, 2.45) is 7.05 Å². The van der Waals surface area contributed by atoms with E-state index in [1.54, 1.807) is 11.1 Å². The minimum atomic E-state index is -0.581. The first-order valence-electron chi connectivity index (χ1n) is 9.51. The molecule has 2 aromatic heterocycles. The monoisotopic (exact) mass is 394 g/mol. The third-order valence-electron chi connectivity index (χ3n) is 5.45. The highest BCUT2D eigenvalue weighted by Crippen LogP contribution is 2.28. The number of aromatic nitrogens is 3. The summed E-state index contributed by atoms with van der Waals surface area (Å²) in [6.07, 6.45) is 2.98. The fraction of sp³-hybridized carbons (Fsp3) is 0.333. The molecule has 1 aromatic carbocycles. The number of hydrogen-bond donors (Lipinski definition) is 0. The van der Waals surface area contributed by atoms with Crippen LogP contribution < -0.4 is 20.9 Å². The number of hydrogen-bond acceptors (Lipinski definition) is 5. The molecule has 8 nitrogen and oxygen atoms in total. The number of benzene rings is 1. The van der Waals surface area contributed by atoms with Crippen LogP contribution in [0.1, 0.15) is 18.1 Å². The molecule has 0 unspecified atom stereocenters. The van der Waals surface area contributed by atoms with E-state index in [0.717, 1.165) is 27.8 Å². The summed E-state index contributed by atoms with van der Waals surface area (Å²) < 4.78 is 7.72. The molecule has 29 heavy (non-hydrogen) atoms. The Morgan fingerprint density at radius 2 is 2.00 bits per heavy atom. The molecule has 0 saturated carbocycles. The number of anilines is 1. The average Bonchev–Trinajstić information content (AvgIpc) is 3.18. The van der Waals surface area contributed by atoms with Gasteiger partial charge in [0.1, 0.15) is 17.7 Å². The van der Waals surface area contributed by atoms with Gasteiger partial charge >= 0.3 is 5.69 Å². The average molecular weight is 394 g/mol. The van der Waals surface area contributed by atoms with Crippen LogP contribution in [-0.2, 0) is 31.2 Å². The lowest BCUT2D eigenvalue weighted by molar-refractivity contribution is -0.119. The molecule has 0 bridgehead atoms. The molecule has 3 heterocycles. The van der Waals surface area contributed by atoms with Gasteiger partial charge in [0.15, 0.2) is 5.65 Å². The summed E-state index contributed by atoms with van der Waals surface area (Å²) in [6.45, 7) is 2.13. The molecular weight excluding hydrogens is 372 g/mol. The highest BCUT2D eigenvalue weighted by molar-refractivity contribution is 5.95. The zero-order chi connectivity index (χ0) is 20.7. The van der Waals surface area contributed by atoms with Gasteiger partial charge in [-0.15, -0.1) is 0 Å². The van der Waals surface area contributed by atoms with Crippen LogP contribution in [0.2, 0.25) is 0 Å². The van der Waals surface area contributed by atoms with Gasteiger partial charge in [0.25, 0.3) is 5.56 Å². The number of carbonyl (C=O) groups excluding carboxylic acids is 1. The minimum absolute atomic E-state index is 0.212. The van der Waals surface area contributed by atoms with Gasteiger partial charge in [-0.05, 0) is 24.5 Å². The number of nitrogens with zero attached hydrogens (tertiary/aromatic N) is 4. The lowest BCUT2D eigenvalue weighted by Gasteiger charge is -2.19. The van der Waals surface area contributed by atoms with E-state index < -0.39 is 11.2 Å². The van der Waals surface area contributed by atoms with Crippen LogP contribution >= 0.6 is 0 Å². The second-order valence-corrected chi connectivity index (χ2v) is 7.03. The van der Waals surface area contributed by atoms with E-state index in [1.807, 2.05) is 31.2 Å². The summed E-state index contributed by atoms with van der Waals surface area (Å²) in [5.74, 6) is 0.0953. The molecule has 0 saturated heterocycles. The first-order valence-corrected chi connectivity index (χ1v) is 9.51. The predicted molar refractivity (Wildman–Crippen MR) is 110 cm³/mol. The summed E-state index contributed by atoms with van der Waals surface area (Å²) in [5, 5.41) is 0.212. The van der Waals surface area contributed by atoms with Gasteiger partial charge in [0.2, 0.25) is 5.91 Å². The fourth-order valence-electron chi connectivity index (χ4n) is 3.91. The predicted octanol–water partition coefficient (Wildman–Crippen LogP) is 1.26. The standard InChI is InChI=1S/C21H22N4O4/c1-4-13-11-22-19-17(18(13)29-3)20(27)25(21(28)23(19)2)12-16(26)24-10-9-14-7-5-6-8-15(14)24/h5-8,11H,4,9-10,12H2,1-3H3. The normalized spacial score (nSPS) is 13.0. The number of carbonyl (C=O) groups is 1. The van der Waals surface area contributed by atoms with Gasteiger partial charge in [-0.2, -0.15) is 0 Å². The highest BCUT2D eigenvalue weighted by Gasteiger charge is 2.26. The van der Waals surface area contributed by atoms with Crippen LogP contribution in [0.15, 0.2) is 40.1 Å². The van der Waals surface area contributed by atoms with Gasteiger partial charge in [0, 0.05) is 31.0 Å². The zero-order valence-electron chi connectivity index (χ0n) is 16.6. The summed E-state index contributed by atoms with van der Waals surface area (Å²) in [7, 11) is 3.02. The Balaban J connectivity index is 1.83. The van der Waals surface area contributed by atoms with Crippen molar-refractivity contribution in [1.29, 1.82) is 0 Å². The van der Waals surface area contributed by atoms with E-state index >= 15 is 0 Å². The fourth-order valence-corrected chi connectivity index (χ4v) is 3.91. The number of amides is 1. The summed E-state index contributed by atoms with van der Waals surface area (Å²) in [6, 6.07) is 7.66. The quantitative estimate of drug-likeness (QED) is 0.665. The lowest BCUT2D eigenvalue weighted by atomic mass is 10.1. The van der Waals surface area contributed by atoms with Crippen molar-refractivity contribution in [1.82, 2.24) is 14.1 Å². The third kappa shape index (κ3) is 2.91. The van der Waals surface area contributed by atoms with Gasteiger partial charge in [0.05, 0.1) is 7.11 Å². The summed E-state index contributed by atoms with van der Waals surface area (Å²) in [4.78, 5) is 44.9. The highest BCUT2D eigenvalue weighted by atomic mass is 16.5. The van der Waals surface area contributed by atoms with Crippen molar-refractivity contribution in [2.75, 3.05) is 18.6 Å². The number of methoxy groups -OCH3 is 1. The van der Waals surface area contributed by atoms with Crippen molar-refractivity contribution < 1.29 is 9.53 Å². The molecule has 4 rings (SSSR count). The molecule has 0 spiro atoms. The number of ether oxygens (including phenoxy) is 1. The summed E-state index contributed by atoms with van der Waals surface area (Å²) >= 11 is 0. The van der Waals surface area contributed by atoms with Crippen LogP contribution in [0.5, 0.6) is 5.75 Å². The molecule has 1 aliphatic rings. The van der Waals surface area contributed by atoms with E-state index in [2.05, 4.69) is 4.98 Å². The molecule has 0 aliphatic carbocycles. The van der Waals surface area contributed by atoms with Gasteiger partial charge in [-0.3, -0.25) is 14.2 Å².